The molecular formula is C13H8BClF3N3O2. The molecule has 0 amide bonds. The number of hydrazone groups is 1. The third kappa shape index (κ3) is 3.25. The van der Waals surface area contributed by atoms with Crippen LogP contribution >= 0.6 is 11.6 Å². The molecule has 0 spiro atoms. The predicted molar refractivity (Wildman–Crippen MR) is 80.1 cm³/mol. The molecule has 0 radical (unpaired) electrons. The average Bonchev–Trinajstić information content (AvgIpc) is 2.46. The first-order chi connectivity index (χ1) is 10.8. The molecule has 1 aliphatic heterocycles. The van der Waals surface area contributed by atoms with Crippen LogP contribution < -0.4 is 15.1 Å². The van der Waals surface area contributed by atoms with Crippen LogP contribution in [0.25, 0.3) is 0 Å². The third-order valence-corrected chi connectivity index (χ3v) is 3.40. The van der Waals surface area contributed by atoms with E-state index in [1.165, 1.54) is 24.5 Å². The molecule has 0 saturated carbocycles. The summed E-state index contributed by atoms with van der Waals surface area (Å²) in [5.74, 6) is -0.416. The van der Waals surface area contributed by atoms with Crippen molar-refractivity contribution in [1.82, 2.24) is 4.98 Å². The highest BCUT2D eigenvalue weighted by Crippen LogP contribution is 2.28. The lowest BCUT2D eigenvalue weighted by molar-refractivity contribution is -0.274. The van der Waals surface area contributed by atoms with E-state index in [1.807, 2.05) is 0 Å². The highest BCUT2D eigenvalue weighted by Gasteiger charge is 2.34. The van der Waals surface area contributed by atoms with Gasteiger partial charge >= 0.3 is 13.4 Å². The van der Waals surface area contributed by atoms with Crippen molar-refractivity contribution in [2.75, 3.05) is 4.92 Å². The van der Waals surface area contributed by atoms with Crippen molar-refractivity contribution in [3.8, 4) is 5.75 Å². The average molecular weight is 341 g/mol. The van der Waals surface area contributed by atoms with Gasteiger partial charge in [0, 0.05) is 17.7 Å². The quantitative estimate of drug-likeness (QED) is 0.672. The van der Waals surface area contributed by atoms with E-state index >= 15 is 0 Å². The highest BCUT2D eigenvalue weighted by atomic mass is 35.5. The maximum atomic E-state index is 12.3. The lowest BCUT2D eigenvalue weighted by atomic mass is 9.70. The minimum atomic E-state index is -4.80. The number of alkyl halides is 3. The number of hydrogen-bond acceptors (Lipinski definition) is 5. The number of halogens is 4. The summed E-state index contributed by atoms with van der Waals surface area (Å²) < 4.78 is 40.8. The van der Waals surface area contributed by atoms with E-state index in [9.17, 15) is 18.2 Å². The van der Waals surface area contributed by atoms with Crippen LogP contribution in [0.1, 0.15) is 5.56 Å². The standard InChI is InChI=1S/C13H8BClF3N3O2/c15-12-11-8(4-5-19-12)7-20-21(14(11)22)9-2-1-3-10(6-9)23-13(16,17)18/h1-7,22H. The zero-order chi connectivity index (χ0) is 16.6. The van der Waals surface area contributed by atoms with Crippen LogP contribution in [0.4, 0.5) is 18.9 Å². The molecule has 0 bridgehead atoms. The molecule has 2 aromatic rings. The fourth-order valence-corrected chi connectivity index (χ4v) is 2.43. The first kappa shape index (κ1) is 15.6. The first-order valence-electron chi connectivity index (χ1n) is 6.36. The fraction of sp³-hybridized carbons (Fsp3) is 0.0769. The maximum absolute atomic E-state index is 12.3. The van der Waals surface area contributed by atoms with Crippen LogP contribution in [0.5, 0.6) is 5.75 Å². The number of rotatable bonds is 2. The Labute approximate surface area is 134 Å². The summed E-state index contributed by atoms with van der Waals surface area (Å²) in [5.41, 5.74) is 1.11. The summed E-state index contributed by atoms with van der Waals surface area (Å²) in [6.07, 6.45) is -1.90. The smallest absolute Gasteiger partial charge is 0.427 e. The van der Waals surface area contributed by atoms with E-state index in [0.29, 0.717) is 11.0 Å². The molecule has 0 fully saturated rings. The fourth-order valence-electron chi connectivity index (χ4n) is 2.17. The summed E-state index contributed by atoms with van der Waals surface area (Å²) in [6.45, 7) is 0. The van der Waals surface area contributed by atoms with Crippen molar-refractivity contribution in [2.45, 2.75) is 6.36 Å². The van der Waals surface area contributed by atoms with E-state index in [4.69, 9.17) is 11.6 Å². The molecule has 3 rings (SSSR count). The number of pyridine rings is 1. The van der Waals surface area contributed by atoms with Gasteiger partial charge in [-0.05, 0) is 23.8 Å². The second kappa shape index (κ2) is 5.75. The molecule has 5 nitrogen and oxygen atoms in total. The van der Waals surface area contributed by atoms with Crippen LogP contribution in [0.2, 0.25) is 5.15 Å². The van der Waals surface area contributed by atoms with E-state index in [-0.39, 0.29) is 10.8 Å². The van der Waals surface area contributed by atoms with Crippen LogP contribution in [0, 0.1) is 0 Å². The molecule has 0 unspecified atom stereocenters. The minimum Gasteiger partial charge on any atom is -0.427 e. The normalized spacial score (nSPS) is 14.0. The Kier molecular flexibility index (Phi) is 3.91. The number of nitrogens with zero attached hydrogens (tertiary/aromatic N) is 3. The Hall–Kier alpha value is -2.26. The first-order valence-corrected chi connectivity index (χ1v) is 6.74. The van der Waals surface area contributed by atoms with Gasteiger partial charge in [-0.1, -0.05) is 17.7 Å². The number of anilines is 1. The van der Waals surface area contributed by atoms with Crippen LogP contribution in [0.3, 0.4) is 0 Å². The number of fused-ring (bicyclic) bond motifs is 1. The molecule has 1 N–H and O–H groups in total. The second-order valence-corrected chi connectivity index (χ2v) is 4.97. The van der Waals surface area contributed by atoms with Crippen molar-refractivity contribution < 1.29 is 22.9 Å². The molecule has 1 aromatic heterocycles. The number of benzene rings is 1. The Morgan fingerprint density at radius 3 is 2.78 bits per heavy atom. The summed E-state index contributed by atoms with van der Waals surface area (Å²) in [6, 6.07) is 6.73. The van der Waals surface area contributed by atoms with Crippen molar-refractivity contribution in [3.63, 3.8) is 0 Å². The maximum Gasteiger partial charge on any atom is 0.573 e. The van der Waals surface area contributed by atoms with Gasteiger partial charge in [0.25, 0.3) is 0 Å². The third-order valence-electron chi connectivity index (χ3n) is 3.10. The Morgan fingerprint density at radius 1 is 1.26 bits per heavy atom. The van der Waals surface area contributed by atoms with Crippen LogP contribution in [-0.2, 0) is 0 Å². The van der Waals surface area contributed by atoms with Gasteiger partial charge < -0.3 is 9.76 Å². The van der Waals surface area contributed by atoms with Gasteiger partial charge in [0.2, 0.25) is 0 Å². The molecule has 2 heterocycles. The number of ether oxygens (including phenoxy) is 1. The summed E-state index contributed by atoms with van der Waals surface area (Å²) in [5, 5.41) is 14.5. The van der Waals surface area contributed by atoms with Crippen molar-refractivity contribution in [2.24, 2.45) is 5.10 Å². The molecule has 118 valence electrons. The number of aromatic nitrogens is 1. The van der Waals surface area contributed by atoms with Gasteiger partial charge in [-0.3, -0.25) is 4.92 Å². The SMILES string of the molecule is OB1c2c(ccnc2Cl)C=NN1c1cccc(OC(F)(F)F)c1. The van der Waals surface area contributed by atoms with Crippen LogP contribution in [0.15, 0.2) is 41.6 Å². The summed E-state index contributed by atoms with van der Waals surface area (Å²) in [4.78, 5) is 5.00. The van der Waals surface area contributed by atoms with Gasteiger partial charge in [0.15, 0.2) is 0 Å². The largest absolute Gasteiger partial charge is 0.573 e. The van der Waals surface area contributed by atoms with E-state index < -0.39 is 19.2 Å². The van der Waals surface area contributed by atoms with Gasteiger partial charge in [-0.25, -0.2) is 4.98 Å². The second-order valence-electron chi connectivity index (χ2n) is 4.61. The van der Waals surface area contributed by atoms with Crippen molar-refractivity contribution in [3.05, 3.63) is 47.2 Å². The molecule has 10 heteroatoms. The van der Waals surface area contributed by atoms with Crippen LogP contribution in [-0.4, -0.2) is 29.6 Å². The van der Waals surface area contributed by atoms with E-state index in [2.05, 4.69) is 14.8 Å². The molecule has 1 aromatic carbocycles. The highest BCUT2D eigenvalue weighted by molar-refractivity contribution is 6.74. The lowest BCUT2D eigenvalue weighted by Crippen LogP contribution is -2.51. The molecule has 0 aliphatic carbocycles. The van der Waals surface area contributed by atoms with Crippen molar-refractivity contribution >= 4 is 36.0 Å². The van der Waals surface area contributed by atoms with Crippen molar-refractivity contribution in [1.29, 1.82) is 0 Å². The molecule has 1 aliphatic rings. The van der Waals surface area contributed by atoms with E-state index in [1.54, 1.807) is 6.07 Å². The van der Waals surface area contributed by atoms with Gasteiger partial charge in [0.1, 0.15) is 10.9 Å². The molecule has 23 heavy (non-hydrogen) atoms. The zero-order valence-electron chi connectivity index (χ0n) is 11.3. The lowest BCUT2D eigenvalue weighted by Gasteiger charge is -2.27. The monoisotopic (exact) mass is 341 g/mol. The molecule has 0 saturated heterocycles. The van der Waals surface area contributed by atoms with E-state index in [0.717, 1.165) is 17.1 Å². The summed E-state index contributed by atoms with van der Waals surface area (Å²) in [7, 11) is -1.28. The molecular weight excluding hydrogens is 333 g/mol. The van der Waals surface area contributed by atoms with Gasteiger partial charge in [-0.15, -0.1) is 13.2 Å². The Bertz CT molecular complexity index is 772. The van der Waals surface area contributed by atoms with Gasteiger partial charge in [0.05, 0.1) is 11.9 Å². The predicted octanol–water partition coefficient (Wildman–Crippen LogP) is 2.18. The zero-order valence-corrected chi connectivity index (χ0v) is 12.1. The minimum absolute atomic E-state index is 0.0915. The molecule has 0 atom stereocenters. The van der Waals surface area contributed by atoms with Gasteiger partial charge in [-0.2, -0.15) is 5.10 Å². The Morgan fingerprint density at radius 2 is 2.04 bits per heavy atom. The Balaban J connectivity index is 1.95. The number of hydrogen-bond donors (Lipinski definition) is 1. The topological polar surface area (TPSA) is 58.0 Å². The summed E-state index contributed by atoms with van der Waals surface area (Å²) >= 11 is 5.98.